The van der Waals surface area contributed by atoms with Crippen molar-refractivity contribution >= 4 is 0 Å². The fourth-order valence-electron chi connectivity index (χ4n) is 0.859. The number of hydrogen-bond donors (Lipinski definition) is 2. The number of likely N-dealkylation sites (N-methyl/N-ethyl adjacent to an activating group) is 1. The van der Waals surface area contributed by atoms with Crippen LogP contribution < -0.4 is 10.6 Å². The Balaban J connectivity index is 2.73. The first-order chi connectivity index (χ1) is 5.54. The molecule has 0 aliphatic carbocycles. The summed E-state index contributed by atoms with van der Waals surface area (Å²) in [5.41, 5.74) is 0.0458. The Hall–Kier alpha value is -1.13. The predicted octanol–water partition coefficient (Wildman–Crippen LogP) is 1.14. The zero-order chi connectivity index (χ0) is 9.19. The normalized spacial score (nSPS) is 17.7. The van der Waals surface area contributed by atoms with Gasteiger partial charge in [-0.25, -0.2) is 0 Å². The molecule has 5 heteroatoms. The number of alkyl halides is 3. The summed E-state index contributed by atoms with van der Waals surface area (Å²) in [6.07, 6.45) is -1.83. The summed E-state index contributed by atoms with van der Waals surface area (Å²) in [5.74, 6) is 0. The molecule has 0 saturated heterocycles. The van der Waals surface area contributed by atoms with Gasteiger partial charge >= 0.3 is 6.18 Å². The lowest BCUT2D eigenvalue weighted by atomic mass is 10.2. The maximum Gasteiger partial charge on any atom is 0.430 e. The third kappa shape index (κ3) is 1.93. The Morgan fingerprint density at radius 2 is 2.08 bits per heavy atom. The smallest absolute Gasteiger partial charge is 0.390 e. The van der Waals surface area contributed by atoms with E-state index in [-0.39, 0.29) is 6.54 Å². The van der Waals surface area contributed by atoms with Crippen molar-refractivity contribution in [3.8, 4) is 0 Å². The molecule has 1 aliphatic rings. The molecule has 0 amide bonds. The third-order valence-corrected chi connectivity index (χ3v) is 1.55. The Morgan fingerprint density at radius 3 is 2.42 bits per heavy atom. The molecule has 0 bridgehead atoms. The van der Waals surface area contributed by atoms with Gasteiger partial charge in [-0.05, 0) is 12.2 Å². The summed E-state index contributed by atoms with van der Waals surface area (Å²) >= 11 is 0. The van der Waals surface area contributed by atoms with Gasteiger partial charge in [0.2, 0.25) is 0 Å². The SMILES string of the molecule is CNC1=CC=C(C(F)(F)F)NC1. The fourth-order valence-corrected chi connectivity index (χ4v) is 0.859. The molecule has 68 valence electrons. The third-order valence-electron chi connectivity index (χ3n) is 1.55. The molecular weight excluding hydrogens is 169 g/mol. The number of dihydropyridines is 1. The molecule has 12 heavy (non-hydrogen) atoms. The van der Waals surface area contributed by atoms with Crippen molar-refractivity contribution in [3.63, 3.8) is 0 Å². The minimum atomic E-state index is -4.27. The van der Waals surface area contributed by atoms with Crippen molar-refractivity contribution in [2.24, 2.45) is 0 Å². The van der Waals surface area contributed by atoms with E-state index < -0.39 is 11.9 Å². The van der Waals surface area contributed by atoms with Crippen LogP contribution in [0.15, 0.2) is 23.5 Å². The van der Waals surface area contributed by atoms with Crippen LogP contribution >= 0.6 is 0 Å². The fraction of sp³-hybridized carbons (Fsp3) is 0.429. The molecule has 1 heterocycles. The second-order valence-corrected chi connectivity index (χ2v) is 2.37. The van der Waals surface area contributed by atoms with Gasteiger partial charge in [-0.1, -0.05) is 0 Å². The van der Waals surface area contributed by atoms with Gasteiger partial charge in [0.15, 0.2) is 0 Å². The molecule has 0 radical (unpaired) electrons. The first-order valence-electron chi connectivity index (χ1n) is 3.43. The van der Waals surface area contributed by atoms with Crippen LogP contribution in [0.5, 0.6) is 0 Å². The molecule has 0 fully saturated rings. The van der Waals surface area contributed by atoms with Gasteiger partial charge in [0.25, 0.3) is 0 Å². The van der Waals surface area contributed by atoms with Crippen LogP contribution in [0, 0.1) is 0 Å². The Labute approximate surface area is 68.1 Å². The molecule has 0 aromatic heterocycles. The van der Waals surface area contributed by atoms with Crippen molar-refractivity contribution in [1.29, 1.82) is 0 Å². The lowest BCUT2D eigenvalue weighted by molar-refractivity contribution is -0.0966. The molecule has 0 spiro atoms. The number of halogens is 3. The van der Waals surface area contributed by atoms with Crippen LogP contribution in [0.3, 0.4) is 0 Å². The van der Waals surface area contributed by atoms with E-state index in [0.29, 0.717) is 0 Å². The Kier molecular flexibility index (Phi) is 2.30. The van der Waals surface area contributed by atoms with E-state index in [1.807, 2.05) is 0 Å². The summed E-state index contributed by atoms with van der Waals surface area (Å²) < 4.78 is 36.0. The number of nitrogens with one attached hydrogen (secondary N) is 2. The number of rotatable bonds is 1. The topological polar surface area (TPSA) is 24.1 Å². The molecular formula is C7H9F3N2. The molecule has 0 unspecified atom stereocenters. The minimum Gasteiger partial charge on any atom is -0.390 e. The van der Waals surface area contributed by atoms with Gasteiger partial charge in [0, 0.05) is 12.7 Å². The van der Waals surface area contributed by atoms with Crippen molar-refractivity contribution in [2.45, 2.75) is 6.18 Å². The van der Waals surface area contributed by atoms with Crippen LogP contribution in [-0.4, -0.2) is 19.8 Å². The summed E-state index contributed by atoms with van der Waals surface area (Å²) in [7, 11) is 1.67. The standard InChI is InChI=1S/C7H9F3N2/c1-11-5-2-3-6(12-4-5)7(8,9)10/h2-3,11-12H,4H2,1H3. The molecule has 1 rings (SSSR count). The summed E-state index contributed by atoms with van der Waals surface area (Å²) in [6.45, 7) is 0.196. The van der Waals surface area contributed by atoms with Gasteiger partial charge in [-0.15, -0.1) is 0 Å². The Bertz CT molecular complexity index is 227. The van der Waals surface area contributed by atoms with Crippen LogP contribution in [0.1, 0.15) is 0 Å². The van der Waals surface area contributed by atoms with Crippen molar-refractivity contribution in [2.75, 3.05) is 13.6 Å². The van der Waals surface area contributed by atoms with Gasteiger partial charge in [0.1, 0.15) is 5.70 Å². The predicted molar refractivity (Wildman–Crippen MR) is 39.3 cm³/mol. The van der Waals surface area contributed by atoms with E-state index in [9.17, 15) is 13.2 Å². The lowest BCUT2D eigenvalue weighted by Crippen LogP contribution is -2.32. The van der Waals surface area contributed by atoms with Crippen molar-refractivity contribution in [1.82, 2.24) is 10.6 Å². The minimum absolute atomic E-state index is 0.196. The average Bonchev–Trinajstić information content (AvgIpc) is 2.03. The summed E-state index contributed by atoms with van der Waals surface area (Å²) in [6, 6.07) is 0. The van der Waals surface area contributed by atoms with E-state index >= 15 is 0 Å². The largest absolute Gasteiger partial charge is 0.430 e. The van der Waals surface area contributed by atoms with Gasteiger partial charge < -0.3 is 10.6 Å². The molecule has 1 aliphatic heterocycles. The highest BCUT2D eigenvalue weighted by Crippen LogP contribution is 2.24. The zero-order valence-electron chi connectivity index (χ0n) is 6.50. The maximum absolute atomic E-state index is 12.0. The summed E-state index contributed by atoms with van der Waals surface area (Å²) in [5, 5.41) is 5.03. The molecule has 2 N–H and O–H groups in total. The van der Waals surface area contributed by atoms with Crippen molar-refractivity contribution < 1.29 is 13.2 Å². The number of allylic oxidation sites excluding steroid dienone is 3. The number of hydrogen-bond acceptors (Lipinski definition) is 2. The zero-order valence-corrected chi connectivity index (χ0v) is 6.50. The van der Waals surface area contributed by atoms with Crippen molar-refractivity contribution in [3.05, 3.63) is 23.5 Å². The van der Waals surface area contributed by atoms with Crippen LogP contribution in [0.25, 0.3) is 0 Å². The highest BCUT2D eigenvalue weighted by atomic mass is 19.4. The highest BCUT2D eigenvalue weighted by molar-refractivity contribution is 5.25. The van der Waals surface area contributed by atoms with Crippen LogP contribution in [0.4, 0.5) is 13.2 Å². The average molecular weight is 178 g/mol. The monoisotopic (exact) mass is 178 g/mol. The summed E-state index contributed by atoms with van der Waals surface area (Å²) in [4.78, 5) is 0. The van der Waals surface area contributed by atoms with E-state index in [4.69, 9.17) is 0 Å². The highest BCUT2D eigenvalue weighted by Gasteiger charge is 2.34. The van der Waals surface area contributed by atoms with Gasteiger partial charge in [-0.2, -0.15) is 13.2 Å². The second-order valence-electron chi connectivity index (χ2n) is 2.37. The lowest BCUT2D eigenvalue weighted by Gasteiger charge is -2.18. The maximum atomic E-state index is 12.0. The first-order valence-corrected chi connectivity index (χ1v) is 3.43. The molecule has 0 atom stereocenters. The first kappa shape index (κ1) is 8.96. The van der Waals surface area contributed by atoms with E-state index in [0.717, 1.165) is 11.8 Å². The Morgan fingerprint density at radius 1 is 1.42 bits per heavy atom. The molecule has 0 aromatic rings. The van der Waals surface area contributed by atoms with Crippen LogP contribution in [0.2, 0.25) is 0 Å². The van der Waals surface area contributed by atoms with E-state index in [2.05, 4.69) is 10.6 Å². The van der Waals surface area contributed by atoms with E-state index in [1.54, 1.807) is 7.05 Å². The van der Waals surface area contributed by atoms with Gasteiger partial charge in [0.05, 0.1) is 6.54 Å². The van der Waals surface area contributed by atoms with Crippen LogP contribution in [-0.2, 0) is 0 Å². The molecule has 0 aromatic carbocycles. The second kappa shape index (κ2) is 3.08. The quantitative estimate of drug-likeness (QED) is 0.629. The molecule has 2 nitrogen and oxygen atoms in total. The van der Waals surface area contributed by atoms with E-state index in [1.165, 1.54) is 6.08 Å². The van der Waals surface area contributed by atoms with Gasteiger partial charge in [-0.3, -0.25) is 0 Å². The molecule has 0 saturated carbocycles.